The highest BCUT2D eigenvalue weighted by molar-refractivity contribution is 5.92. The second kappa shape index (κ2) is 9.17. The van der Waals surface area contributed by atoms with Gasteiger partial charge in [-0.2, -0.15) is 0 Å². The van der Waals surface area contributed by atoms with Crippen molar-refractivity contribution in [3.8, 4) is 0 Å². The third kappa shape index (κ3) is 4.85. The van der Waals surface area contributed by atoms with Gasteiger partial charge in [0.25, 0.3) is 0 Å². The minimum Gasteiger partial charge on any atom is -0.341 e. The molecule has 2 fully saturated rings. The molecule has 0 aliphatic carbocycles. The predicted octanol–water partition coefficient (Wildman–Crippen LogP) is 3.13. The van der Waals surface area contributed by atoms with Crippen LogP contribution in [0, 0.1) is 5.92 Å². The fourth-order valence-electron chi connectivity index (χ4n) is 4.05. The molecule has 1 aromatic rings. The minimum atomic E-state index is -0.138. The fourth-order valence-corrected chi connectivity index (χ4v) is 4.05. The van der Waals surface area contributed by atoms with Crippen LogP contribution in [0.1, 0.15) is 45.4 Å². The van der Waals surface area contributed by atoms with Gasteiger partial charge in [0, 0.05) is 25.3 Å². The fraction of sp³-hybridized carbons (Fsp3) is 0.619. The summed E-state index contributed by atoms with van der Waals surface area (Å²) < 4.78 is 0. The van der Waals surface area contributed by atoms with E-state index in [1.165, 1.54) is 12.8 Å². The standard InChI is InChI=1S/C21H31N3O2/c1-17(21(26)23-13-7-2-3-8-14-23)24-15-9-10-18(16-24)20(25)22-19-11-5-4-6-12-19/h4-6,11-12,17-18H,2-3,7-10,13-16H2,1H3,(H,22,25)/t17-,18+/m0/s1. The summed E-state index contributed by atoms with van der Waals surface area (Å²) in [4.78, 5) is 29.8. The number of anilines is 1. The van der Waals surface area contributed by atoms with Crippen molar-refractivity contribution in [1.82, 2.24) is 9.80 Å². The third-order valence-corrected chi connectivity index (χ3v) is 5.69. The van der Waals surface area contributed by atoms with Crippen LogP contribution in [0.15, 0.2) is 30.3 Å². The quantitative estimate of drug-likeness (QED) is 0.901. The highest BCUT2D eigenvalue weighted by Gasteiger charge is 2.32. The molecule has 2 aliphatic heterocycles. The zero-order chi connectivity index (χ0) is 18.4. The lowest BCUT2D eigenvalue weighted by Crippen LogP contribution is -2.52. The Labute approximate surface area is 156 Å². The smallest absolute Gasteiger partial charge is 0.239 e. The molecule has 142 valence electrons. The van der Waals surface area contributed by atoms with Crippen LogP contribution in [0.5, 0.6) is 0 Å². The summed E-state index contributed by atoms with van der Waals surface area (Å²) in [5.74, 6) is 0.245. The van der Waals surface area contributed by atoms with Gasteiger partial charge < -0.3 is 10.2 Å². The van der Waals surface area contributed by atoms with E-state index in [-0.39, 0.29) is 23.8 Å². The number of carbonyl (C=O) groups excluding carboxylic acids is 2. The Hall–Kier alpha value is -1.88. The molecule has 1 N–H and O–H groups in total. The van der Waals surface area contributed by atoms with E-state index in [4.69, 9.17) is 0 Å². The van der Waals surface area contributed by atoms with Gasteiger partial charge in [-0.3, -0.25) is 14.5 Å². The molecule has 5 nitrogen and oxygen atoms in total. The molecule has 0 unspecified atom stereocenters. The SMILES string of the molecule is C[C@@H](C(=O)N1CCCCCC1)N1CCC[C@@H](C(=O)Nc2ccccc2)C1. The molecule has 0 bridgehead atoms. The maximum Gasteiger partial charge on any atom is 0.239 e. The first-order valence-corrected chi connectivity index (χ1v) is 10.0. The normalized spacial score (nSPS) is 23.1. The van der Waals surface area contributed by atoms with Crippen LogP contribution in [-0.4, -0.2) is 53.8 Å². The van der Waals surface area contributed by atoms with Gasteiger partial charge in [-0.15, -0.1) is 0 Å². The van der Waals surface area contributed by atoms with Crippen LogP contribution in [0.25, 0.3) is 0 Å². The molecular weight excluding hydrogens is 326 g/mol. The van der Waals surface area contributed by atoms with Crippen molar-refractivity contribution in [2.24, 2.45) is 5.92 Å². The minimum absolute atomic E-state index is 0.0525. The van der Waals surface area contributed by atoms with Gasteiger partial charge in [-0.25, -0.2) is 0 Å². The number of piperidine rings is 1. The van der Waals surface area contributed by atoms with Crippen molar-refractivity contribution in [2.75, 3.05) is 31.5 Å². The van der Waals surface area contributed by atoms with Crippen LogP contribution in [0.3, 0.4) is 0 Å². The maximum absolute atomic E-state index is 12.9. The summed E-state index contributed by atoms with van der Waals surface area (Å²) in [6, 6.07) is 9.46. The summed E-state index contributed by atoms with van der Waals surface area (Å²) in [5.41, 5.74) is 0.836. The largest absolute Gasteiger partial charge is 0.341 e. The van der Waals surface area contributed by atoms with E-state index in [1.807, 2.05) is 42.2 Å². The monoisotopic (exact) mass is 357 g/mol. The Morgan fingerprint density at radius 1 is 1.00 bits per heavy atom. The molecule has 2 amide bonds. The van der Waals surface area contributed by atoms with Crippen molar-refractivity contribution < 1.29 is 9.59 Å². The second-order valence-electron chi connectivity index (χ2n) is 7.60. The van der Waals surface area contributed by atoms with E-state index in [1.54, 1.807) is 0 Å². The lowest BCUT2D eigenvalue weighted by molar-refractivity contribution is -0.138. The number of amides is 2. The van der Waals surface area contributed by atoms with E-state index in [9.17, 15) is 9.59 Å². The molecule has 0 spiro atoms. The lowest BCUT2D eigenvalue weighted by Gasteiger charge is -2.37. The average molecular weight is 357 g/mol. The van der Waals surface area contributed by atoms with E-state index in [0.29, 0.717) is 6.54 Å². The summed E-state index contributed by atoms with van der Waals surface area (Å²) >= 11 is 0. The molecule has 0 radical (unpaired) electrons. The first kappa shape index (κ1) is 18.9. The molecule has 0 aromatic heterocycles. The first-order valence-electron chi connectivity index (χ1n) is 10.0. The van der Waals surface area contributed by atoms with E-state index in [0.717, 1.165) is 51.0 Å². The van der Waals surface area contributed by atoms with Crippen LogP contribution >= 0.6 is 0 Å². The summed E-state index contributed by atoms with van der Waals surface area (Å²) in [6.07, 6.45) is 6.53. The number of carbonyl (C=O) groups is 2. The van der Waals surface area contributed by atoms with Crippen molar-refractivity contribution >= 4 is 17.5 Å². The number of nitrogens with zero attached hydrogens (tertiary/aromatic N) is 2. The summed E-state index contributed by atoms with van der Waals surface area (Å²) in [6.45, 7) is 5.34. The second-order valence-corrected chi connectivity index (χ2v) is 7.60. The molecule has 2 aliphatic rings. The van der Waals surface area contributed by atoms with Crippen LogP contribution in [0.2, 0.25) is 0 Å². The Kier molecular flexibility index (Phi) is 6.67. The van der Waals surface area contributed by atoms with Crippen molar-refractivity contribution in [3.05, 3.63) is 30.3 Å². The van der Waals surface area contributed by atoms with E-state index < -0.39 is 0 Å². The Morgan fingerprint density at radius 3 is 2.38 bits per heavy atom. The number of nitrogens with one attached hydrogen (secondary N) is 1. The first-order chi connectivity index (χ1) is 12.6. The molecule has 3 rings (SSSR count). The zero-order valence-electron chi connectivity index (χ0n) is 15.8. The van der Waals surface area contributed by atoms with Gasteiger partial charge in [-0.05, 0) is 51.3 Å². The molecular formula is C21H31N3O2. The number of rotatable bonds is 4. The molecule has 5 heteroatoms. The Morgan fingerprint density at radius 2 is 1.69 bits per heavy atom. The number of likely N-dealkylation sites (tertiary alicyclic amines) is 2. The van der Waals surface area contributed by atoms with Gasteiger partial charge >= 0.3 is 0 Å². The highest BCUT2D eigenvalue weighted by Crippen LogP contribution is 2.22. The molecule has 26 heavy (non-hydrogen) atoms. The van der Waals surface area contributed by atoms with E-state index in [2.05, 4.69) is 10.2 Å². The van der Waals surface area contributed by atoms with Crippen molar-refractivity contribution in [1.29, 1.82) is 0 Å². The maximum atomic E-state index is 12.9. The molecule has 2 heterocycles. The van der Waals surface area contributed by atoms with Gasteiger partial charge in [0.2, 0.25) is 11.8 Å². The highest BCUT2D eigenvalue weighted by atomic mass is 16.2. The molecule has 2 saturated heterocycles. The van der Waals surface area contributed by atoms with Gasteiger partial charge in [0.05, 0.1) is 12.0 Å². The van der Waals surface area contributed by atoms with Crippen molar-refractivity contribution in [2.45, 2.75) is 51.5 Å². The zero-order valence-corrected chi connectivity index (χ0v) is 15.8. The lowest BCUT2D eigenvalue weighted by atomic mass is 9.95. The predicted molar refractivity (Wildman–Crippen MR) is 104 cm³/mol. The number of benzene rings is 1. The van der Waals surface area contributed by atoms with E-state index >= 15 is 0 Å². The number of hydrogen-bond donors (Lipinski definition) is 1. The number of para-hydroxylation sites is 1. The summed E-state index contributed by atoms with van der Waals surface area (Å²) in [5, 5.41) is 3.01. The molecule has 1 aromatic carbocycles. The van der Waals surface area contributed by atoms with Crippen LogP contribution in [0.4, 0.5) is 5.69 Å². The Balaban J connectivity index is 1.56. The number of hydrogen-bond acceptors (Lipinski definition) is 3. The van der Waals surface area contributed by atoms with Crippen LogP contribution < -0.4 is 5.32 Å². The average Bonchev–Trinajstić information content (AvgIpc) is 2.97. The molecule has 2 atom stereocenters. The van der Waals surface area contributed by atoms with Gasteiger partial charge in [-0.1, -0.05) is 31.0 Å². The van der Waals surface area contributed by atoms with Gasteiger partial charge in [0.1, 0.15) is 0 Å². The van der Waals surface area contributed by atoms with Crippen molar-refractivity contribution in [3.63, 3.8) is 0 Å². The third-order valence-electron chi connectivity index (χ3n) is 5.69. The Bertz CT molecular complexity index is 597. The summed E-state index contributed by atoms with van der Waals surface area (Å²) in [7, 11) is 0. The molecule has 0 saturated carbocycles. The van der Waals surface area contributed by atoms with Gasteiger partial charge in [0.15, 0.2) is 0 Å². The topological polar surface area (TPSA) is 52.7 Å². The van der Waals surface area contributed by atoms with Crippen LogP contribution in [-0.2, 0) is 9.59 Å².